The molecule has 2 atom stereocenters. The Morgan fingerprint density at radius 1 is 1.53 bits per heavy atom. The van der Waals surface area contributed by atoms with Gasteiger partial charge in [-0.3, -0.25) is 4.79 Å². The number of furan rings is 1. The molecule has 0 bridgehead atoms. The van der Waals surface area contributed by atoms with Crippen LogP contribution in [0.2, 0.25) is 5.22 Å². The Bertz CT molecular complexity index is 391. The van der Waals surface area contributed by atoms with Crippen LogP contribution in [-0.4, -0.2) is 24.2 Å². The van der Waals surface area contributed by atoms with Crippen molar-refractivity contribution in [2.24, 2.45) is 11.8 Å². The van der Waals surface area contributed by atoms with E-state index in [0.29, 0.717) is 23.9 Å². The van der Waals surface area contributed by atoms with E-state index in [9.17, 15) is 9.90 Å². The van der Waals surface area contributed by atoms with E-state index in [-0.39, 0.29) is 17.7 Å². The zero-order valence-corrected chi connectivity index (χ0v) is 10.2. The maximum atomic E-state index is 11.8. The van der Waals surface area contributed by atoms with E-state index < -0.39 is 0 Å². The molecule has 0 radical (unpaired) electrons. The number of hydrogen-bond acceptors (Lipinski definition) is 3. The number of nitrogens with one attached hydrogen (secondary N) is 1. The Kier molecular flexibility index (Phi) is 4.07. The van der Waals surface area contributed by atoms with Gasteiger partial charge in [0.05, 0.1) is 11.8 Å². The van der Waals surface area contributed by atoms with Crippen LogP contribution in [0.25, 0.3) is 0 Å². The molecule has 1 saturated carbocycles. The summed E-state index contributed by atoms with van der Waals surface area (Å²) in [7, 11) is 0. The lowest BCUT2D eigenvalue weighted by atomic mass is 9.97. The van der Waals surface area contributed by atoms with E-state index in [1.54, 1.807) is 6.07 Å². The third kappa shape index (κ3) is 2.82. The first-order valence-corrected chi connectivity index (χ1v) is 6.22. The SMILES string of the molecule is O=C(NCC1CCCC1CO)c1ccoc1Cl. The third-order valence-electron chi connectivity index (χ3n) is 3.44. The van der Waals surface area contributed by atoms with Crippen molar-refractivity contribution < 1.29 is 14.3 Å². The quantitative estimate of drug-likeness (QED) is 0.868. The molecule has 1 heterocycles. The lowest BCUT2D eigenvalue weighted by Crippen LogP contribution is -2.31. The van der Waals surface area contributed by atoms with Crippen molar-refractivity contribution in [3.63, 3.8) is 0 Å². The zero-order chi connectivity index (χ0) is 12.3. The molecule has 2 unspecified atom stereocenters. The largest absolute Gasteiger partial charge is 0.452 e. The minimum Gasteiger partial charge on any atom is -0.452 e. The lowest BCUT2D eigenvalue weighted by Gasteiger charge is -2.17. The summed E-state index contributed by atoms with van der Waals surface area (Å²) in [4.78, 5) is 11.8. The van der Waals surface area contributed by atoms with Gasteiger partial charge in [0.25, 0.3) is 5.91 Å². The highest BCUT2D eigenvalue weighted by molar-refractivity contribution is 6.32. The molecule has 0 aliphatic heterocycles. The summed E-state index contributed by atoms with van der Waals surface area (Å²) in [5.41, 5.74) is 0.366. The topological polar surface area (TPSA) is 62.5 Å². The van der Waals surface area contributed by atoms with Crippen LogP contribution in [0.15, 0.2) is 16.7 Å². The van der Waals surface area contributed by atoms with Gasteiger partial charge in [-0.2, -0.15) is 0 Å². The van der Waals surface area contributed by atoms with Gasteiger partial charge >= 0.3 is 0 Å². The van der Waals surface area contributed by atoms with Crippen molar-refractivity contribution in [1.29, 1.82) is 0 Å². The van der Waals surface area contributed by atoms with Crippen LogP contribution < -0.4 is 5.32 Å². The van der Waals surface area contributed by atoms with Crippen LogP contribution in [0.4, 0.5) is 0 Å². The lowest BCUT2D eigenvalue weighted by molar-refractivity contribution is 0.0937. The normalized spacial score (nSPS) is 23.9. The number of carbonyl (C=O) groups excluding carboxylic acids is 1. The van der Waals surface area contributed by atoms with E-state index in [1.807, 2.05) is 0 Å². The molecule has 1 amide bonds. The monoisotopic (exact) mass is 257 g/mol. The fraction of sp³-hybridized carbons (Fsp3) is 0.583. The highest BCUT2D eigenvalue weighted by Gasteiger charge is 2.27. The van der Waals surface area contributed by atoms with Crippen LogP contribution in [0.1, 0.15) is 29.6 Å². The first kappa shape index (κ1) is 12.5. The highest BCUT2D eigenvalue weighted by atomic mass is 35.5. The molecule has 1 aromatic heterocycles. The van der Waals surface area contributed by atoms with Gasteiger partial charge in [0, 0.05) is 13.2 Å². The maximum Gasteiger partial charge on any atom is 0.256 e. The van der Waals surface area contributed by atoms with Crippen molar-refractivity contribution in [2.45, 2.75) is 19.3 Å². The van der Waals surface area contributed by atoms with Crippen LogP contribution in [0.3, 0.4) is 0 Å². The number of rotatable bonds is 4. The summed E-state index contributed by atoms with van der Waals surface area (Å²) < 4.78 is 4.86. The van der Waals surface area contributed by atoms with Gasteiger partial charge in [0.15, 0.2) is 0 Å². The van der Waals surface area contributed by atoms with Crippen LogP contribution in [0.5, 0.6) is 0 Å². The highest BCUT2D eigenvalue weighted by Crippen LogP contribution is 2.30. The van der Waals surface area contributed by atoms with E-state index in [1.165, 1.54) is 6.26 Å². The number of hydrogen-bond donors (Lipinski definition) is 2. The minimum absolute atomic E-state index is 0.118. The van der Waals surface area contributed by atoms with Gasteiger partial charge in [0.1, 0.15) is 0 Å². The first-order chi connectivity index (χ1) is 8.22. The Labute approximate surface area is 105 Å². The summed E-state index contributed by atoms with van der Waals surface area (Å²) in [6, 6.07) is 1.55. The Morgan fingerprint density at radius 3 is 2.94 bits per heavy atom. The number of carbonyl (C=O) groups is 1. The molecular weight excluding hydrogens is 242 g/mol. The van der Waals surface area contributed by atoms with E-state index in [4.69, 9.17) is 16.0 Å². The maximum absolute atomic E-state index is 11.8. The van der Waals surface area contributed by atoms with Crippen molar-refractivity contribution >= 4 is 17.5 Å². The van der Waals surface area contributed by atoms with Gasteiger partial charge in [0.2, 0.25) is 5.22 Å². The van der Waals surface area contributed by atoms with Crippen molar-refractivity contribution in [3.8, 4) is 0 Å². The van der Waals surface area contributed by atoms with Gasteiger partial charge in [-0.05, 0) is 42.3 Å². The first-order valence-electron chi connectivity index (χ1n) is 5.84. The second kappa shape index (κ2) is 5.56. The summed E-state index contributed by atoms with van der Waals surface area (Å²) >= 11 is 5.72. The second-order valence-electron chi connectivity index (χ2n) is 4.45. The van der Waals surface area contributed by atoms with E-state index in [2.05, 4.69) is 5.32 Å². The molecule has 2 rings (SSSR count). The van der Waals surface area contributed by atoms with Crippen molar-refractivity contribution in [2.75, 3.05) is 13.2 Å². The zero-order valence-electron chi connectivity index (χ0n) is 9.49. The molecule has 0 saturated heterocycles. The molecule has 0 spiro atoms. The van der Waals surface area contributed by atoms with Gasteiger partial charge in [-0.25, -0.2) is 0 Å². The number of amides is 1. The summed E-state index contributed by atoms with van der Waals surface area (Å²) in [5.74, 6) is 0.470. The predicted octanol–water partition coefficient (Wildman–Crippen LogP) is 2.07. The average molecular weight is 258 g/mol. The minimum atomic E-state index is -0.215. The number of halogens is 1. The van der Waals surface area contributed by atoms with Gasteiger partial charge in [-0.1, -0.05) is 6.42 Å². The van der Waals surface area contributed by atoms with Gasteiger partial charge < -0.3 is 14.8 Å². The molecule has 1 aliphatic carbocycles. The van der Waals surface area contributed by atoms with Crippen molar-refractivity contribution in [1.82, 2.24) is 5.32 Å². The number of aliphatic hydroxyl groups excluding tert-OH is 1. The van der Waals surface area contributed by atoms with Crippen LogP contribution in [0, 0.1) is 11.8 Å². The standard InChI is InChI=1S/C12H16ClNO3/c13-11-10(4-5-17-11)12(16)14-6-8-2-1-3-9(8)7-15/h4-5,8-9,15H,1-3,6-7H2,(H,14,16). The fourth-order valence-corrected chi connectivity index (χ4v) is 2.60. The summed E-state index contributed by atoms with van der Waals surface area (Å²) in [6.45, 7) is 0.790. The molecule has 1 aliphatic rings. The third-order valence-corrected chi connectivity index (χ3v) is 3.73. The molecular formula is C12H16ClNO3. The molecule has 4 nitrogen and oxygen atoms in total. The van der Waals surface area contributed by atoms with Crippen LogP contribution >= 0.6 is 11.6 Å². The summed E-state index contributed by atoms with van der Waals surface area (Å²) in [6.07, 6.45) is 4.62. The number of aliphatic hydroxyl groups is 1. The Hall–Kier alpha value is -1.00. The Morgan fingerprint density at radius 2 is 2.29 bits per heavy atom. The fourth-order valence-electron chi connectivity index (χ4n) is 2.40. The van der Waals surface area contributed by atoms with E-state index >= 15 is 0 Å². The molecule has 1 fully saturated rings. The smallest absolute Gasteiger partial charge is 0.256 e. The van der Waals surface area contributed by atoms with Gasteiger partial charge in [-0.15, -0.1) is 0 Å². The molecule has 2 N–H and O–H groups in total. The van der Waals surface area contributed by atoms with Crippen LogP contribution in [-0.2, 0) is 0 Å². The van der Waals surface area contributed by atoms with Crippen molar-refractivity contribution in [3.05, 3.63) is 23.1 Å². The molecule has 0 aromatic carbocycles. The predicted molar refractivity (Wildman–Crippen MR) is 64.0 cm³/mol. The molecule has 5 heteroatoms. The average Bonchev–Trinajstić information content (AvgIpc) is 2.94. The summed E-state index contributed by atoms with van der Waals surface area (Å²) in [5, 5.41) is 12.1. The molecule has 1 aromatic rings. The molecule has 17 heavy (non-hydrogen) atoms. The Balaban J connectivity index is 1.86. The molecule has 94 valence electrons. The second-order valence-corrected chi connectivity index (χ2v) is 4.79. The van der Waals surface area contributed by atoms with E-state index in [0.717, 1.165) is 19.3 Å².